The highest BCUT2D eigenvalue weighted by Gasteiger charge is 2.36. The Hall–Kier alpha value is -2.10. The molecule has 0 aromatic heterocycles. The molecule has 0 fully saturated rings. The maximum Gasteiger partial charge on any atom is 0.316 e. The lowest BCUT2D eigenvalue weighted by Gasteiger charge is -2.19. The number of aryl methyl sites for hydroxylation is 1. The number of ether oxygens (including phenoxy) is 1. The molecule has 1 aliphatic rings. The smallest absolute Gasteiger partial charge is 0.316 e. The Bertz CT molecular complexity index is 741. The second-order valence-corrected chi connectivity index (χ2v) is 6.97. The van der Waals surface area contributed by atoms with E-state index in [0.717, 1.165) is 5.56 Å². The van der Waals surface area contributed by atoms with Crippen molar-refractivity contribution in [2.45, 2.75) is 11.8 Å². The van der Waals surface area contributed by atoms with Gasteiger partial charge in [-0.15, -0.1) is 6.42 Å². The van der Waals surface area contributed by atoms with Crippen molar-refractivity contribution in [1.82, 2.24) is 4.31 Å². The Morgan fingerprint density at radius 1 is 1.36 bits per heavy atom. The summed E-state index contributed by atoms with van der Waals surface area (Å²) in [6, 6.07) is 6.56. The number of hydrogen-bond donors (Lipinski definition) is 0. The van der Waals surface area contributed by atoms with Crippen LogP contribution in [-0.4, -0.2) is 38.9 Å². The van der Waals surface area contributed by atoms with Crippen LogP contribution < -0.4 is 0 Å². The fraction of sp³-hybridized carbons (Fsp3) is 0.312. The summed E-state index contributed by atoms with van der Waals surface area (Å²) in [5.74, 6) is 1.53. The van der Waals surface area contributed by atoms with Crippen molar-refractivity contribution in [1.29, 1.82) is 0 Å². The summed E-state index contributed by atoms with van der Waals surface area (Å²) < 4.78 is 31.1. The van der Waals surface area contributed by atoms with Crippen LogP contribution in [-0.2, 0) is 19.6 Å². The van der Waals surface area contributed by atoms with Crippen LogP contribution in [0.1, 0.15) is 5.56 Å². The average Bonchev–Trinajstić information content (AvgIpc) is 3.26. The molecule has 0 amide bonds. The molecular weight excluding hydrogens is 302 g/mol. The molecule has 0 N–H and O–H groups in total. The third-order valence-electron chi connectivity index (χ3n) is 3.41. The van der Waals surface area contributed by atoms with E-state index in [0.29, 0.717) is 5.57 Å². The highest BCUT2D eigenvalue weighted by Crippen LogP contribution is 2.32. The topological polar surface area (TPSA) is 63.7 Å². The highest BCUT2D eigenvalue weighted by molar-refractivity contribution is 7.89. The van der Waals surface area contributed by atoms with E-state index in [-0.39, 0.29) is 24.0 Å². The van der Waals surface area contributed by atoms with Gasteiger partial charge in [-0.3, -0.25) is 4.79 Å². The fourth-order valence-corrected chi connectivity index (χ4v) is 3.40. The molecule has 22 heavy (non-hydrogen) atoms. The summed E-state index contributed by atoms with van der Waals surface area (Å²) in [5, 5.41) is 0. The number of nitrogens with zero attached hydrogens (tertiary/aromatic N) is 1. The summed E-state index contributed by atoms with van der Waals surface area (Å²) in [7, 11) is -2.39. The van der Waals surface area contributed by atoms with E-state index in [1.54, 1.807) is 30.3 Å². The normalized spacial score (nSPS) is 16.8. The summed E-state index contributed by atoms with van der Waals surface area (Å²) >= 11 is 0. The van der Waals surface area contributed by atoms with Gasteiger partial charge in [0, 0.05) is 6.54 Å². The second-order valence-electron chi connectivity index (χ2n) is 5.03. The molecule has 0 bridgehead atoms. The number of benzene rings is 1. The summed E-state index contributed by atoms with van der Waals surface area (Å²) in [6.45, 7) is 1.92. The van der Waals surface area contributed by atoms with Crippen LogP contribution in [0.2, 0.25) is 0 Å². The molecule has 1 atom stereocenters. The zero-order valence-electron chi connectivity index (χ0n) is 12.4. The van der Waals surface area contributed by atoms with Crippen LogP contribution in [0, 0.1) is 25.2 Å². The van der Waals surface area contributed by atoms with Crippen molar-refractivity contribution < 1.29 is 17.9 Å². The van der Waals surface area contributed by atoms with Crippen molar-refractivity contribution in [2.75, 3.05) is 20.2 Å². The van der Waals surface area contributed by atoms with Gasteiger partial charge in [-0.25, -0.2) is 8.42 Å². The summed E-state index contributed by atoms with van der Waals surface area (Å²) in [5.41, 5.74) is 1.68. The molecule has 1 unspecified atom stereocenters. The van der Waals surface area contributed by atoms with Crippen molar-refractivity contribution in [3.8, 4) is 12.3 Å². The van der Waals surface area contributed by atoms with Crippen LogP contribution in [0.25, 0.3) is 0 Å². The second kappa shape index (κ2) is 6.34. The molecule has 0 saturated carbocycles. The Balaban J connectivity index is 2.18. The first kappa shape index (κ1) is 16.3. The highest BCUT2D eigenvalue weighted by atomic mass is 32.2. The Labute approximate surface area is 130 Å². The van der Waals surface area contributed by atoms with Gasteiger partial charge in [-0.2, -0.15) is 4.31 Å². The zero-order valence-corrected chi connectivity index (χ0v) is 13.3. The quantitative estimate of drug-likeness (QED) is 0.451. The first-order valence-corrected chi connectivity index (χ1v) is 8.13. The minimum Gasteiger partial charge on any atom is -0.468 e. The molecular formula is C16H17NO4S. The maximum absolute atomic E-state index is 12.6. The van der Waals surface area contributed by atoms with Crippen molar-refractivity contribution >= 4 is 16.0 Å². The number of esters is 1. The lowest BCUT2D eigenvalue weighted by Crippen LogP contribution is -2.33. The van der Waals surface area contributed by atoms with Crippen molar-refractivity contribution in [3.63, 3.8) is 0 Å². The van der Waals surface area contributed by atoms with Crippen LogP contribution >= 0.6 is 0 Å². The minimum absolute atomic E-state index is 0.0541. The minimum atomic E-state index is -3.69. The van der Waals surface area contributed by atoms with Gasteiger partial charge in [0.05, 0.1) is 24.5 Å². The van der Waals surface area contributed by atoms with E-state index in [2.05, 4.69) is 10.7 Å². The number of rotatable bonds is 6. The Morgan fingerprint density at radius 2 is 2.00 bits per heavy atom. The summed E-state index contributed by atoms with van der Waals surface area (Å²) in [6.07, 6.45) is 6.96. The molecule has 0 spiro atoms. The van der Waals surface area contributed by atoms with E-state index in [1.807, 2.05) is 6.92 Å². The molecule has 5 nitrogen and oxygen atoms in total. The van der Waals surface area contributed by atoms with Crippen LogP contribution in [0.3, 0.4) is 0 Å². The van der Waals surface area contributed by atoms with Gasteiger partial charge in [0.15, 0.2) is 0 Å². The molecule has 2 rings (SSSR count). The predicted octanol–water partition coefficient (Wildman–Crippen LogP) is 1.35. The first-order valence-electron chi connectivity index (χ1n) is 6.69. The largest absolute Gasteiger partial charge is 0.468 e. The number of methoxy groups -OCH3 is 1. The summed E-state index contributed by atoms with van der Waals surface area (Å²) in [4.78, 5) is 11.6. The number of carbonyl (C=O) groups is 1. The predicted molar refractivity (Wildman–Crippen MR) is 82.4 cm³/mol. The van der Waals surface area contributed by atoms with Gasteiger partial charge >= 0.3 is 5.97 Å². The molecule has 0 aliphatic heterocycles. The van der Waals surface area contributed by atoms with Gasteiger partial charge < -0.3 is 4.74 Å². The van der Waals surface area contributed by atoms with E-state index in [9.17, 15) is 13.2 Å². The molecule has 0 saturated heterocycles. The SMILES string of the molecule is C#CCN(CC1=CC1C(=O)OC)S(=O)(=O)c1ccc(C)cc1. The van der Waals surface area contributed by atoms with Gasteiger partial charge in [0.1, 0.15) is 0 Å². The lowest BCUT2D eigenvalue weighted by atomic mass is 10.2. The third-order valence-corrected chi connectivity index (χ3v) is 5.22. The van der Waals surface area contributed by atoms with Gasteiger partial charge in [-0.05, 0) is 24.6 Å². The molecule has 0 radical (unpaired) electrons. The lowest BCUT2D eigenvalue weighted by molar-refractivity contribution is -0.141. The van der Waals surface area contributed by atoms with Crippen LogP contribution in [0.5, 0.6) is 0 Å². The molecule has 6 heteroatoms. The monoisotopic (exact) mass is 319 g/mol. The molecule has 1 aliphatic carbocycles. The number of carbonyl (C=O) groups excluding carboxylic acids is 1. The van der Waals surface area contributed by atoms with Crippen molar-refractivity contribution in [3.05, 3.63) is 41.5 Å². The number of sulfonamides is 1. The molecule has 0 heterocycles. The third kappa shape index (κ3) is 3.38. The van der Waals surface area contributed by atoms with E-state index < -0.39 is 15.9 Å². The number of terminal acetylenes is 1. The van der Waals surface area contributed by atoms with E-state index >= 15 is 0 Å². The molecule has 116 valence electrons. The average molecular weight is 319 g/mol. The van der Waals surface area contributed by atoms with Crippen molar-refractivity contribution in [2.24, 2.45) is 5.92 Å². The molecule has 1 aromatic carbocycles. The van der Waals surface area contributed by atoms with Gasteiger partial charge in [-0.1, -0.05) is 29.7 Å². The van der Waals surface area contributed by atoms with Gasteiger partial charge in [0.25, 0.3) is 0 Å². The first-order chi connectivity index (χ1) is 10.4. The van der Waals surface area contributed by atoms with Crippen LogP contribution in [0.4, 0.5) is 0 Å². The standard InChI is InChI=1S/C16H17NO4S/c1-4-9-17(11-13-10-15(13)16(18)21-3)22(19,20)14-7-5-12(2)6-8-14/h1,5-8,10,15H,9,11H2,2-3H3. The van der Waals surface area contributed by atoms with E-state index in [4.69, 9.17) is 6.42 Å². The van der Waals surface area contributed by atoms with E-state index in [1.165, 1.54) is 11.4 Å². The molecule has 1 aromatic rings. The van der Waals surface area contributed by atoms with Crippen LogP contribution in [0.15, 0.2) is 40.8 Å². The zero-order chi connectivity index (χ0) is 16.3. The number of hydrogen-bond acceptors (Lipinski definition) is 4. The Morgan fingerprint density at radius 3 is 2.55 bits per heavy atom. The Kier molecular flexibility index (Phi) is 4.69. The maximum atomic E-state index is 12.6. The fourth-order valence-electron chi connectivity index (χ4n) is 2.05. The van der Waals surface area contributed by atoms with Gasteiger partial charge in [0.2, 0.25) is 10.0 Å².